The molecule has 20 heavy (non-hydrogen) atoms. The first-order valence-corrected chi connectivity index (χ1v) is 6.50. The second-order valence-corrected chi connectivity index (χ2v) is 5.19. The van der Waals surface area contributed by atoms with Gasteiger partial charge in [-0.1, -0.05) is 6.07 Å². The molecule has 0 saturated carbocycles. The summed E-state index contributed by atoms with van der Waals surface area (Å²) in [6.45, 7) is 4.96. The fraction of sp³-hybridized carbons (Fsp3) is 0.500. The molecular formula is C14H17F3N2O. The summed E-state index contributed by atoms with van der Waals surface area (Å²) >= 11 is 0. The first-order chi connectivity index (χ1) is 9.29. The molecule has 1 saturated heterocycles. The van der Waals surface area contributed by atoms with Crippen molar-refractivity contribution >= 4 is 5.91 Å². The molecule has 1 aliphatic heterocycles. The smallest absolute Gasteiger partial charge is 0.333 e. The topological polar surface area (TPSA) is 32.3 Å². The fourth-order valence-corrected chi connectivity index (χ4v) is 2.30. The van der Waals surface area contributed by atoms with Crippen LogP contribution in [0.2, 0.25) is 0 Å². The fourth-order valence-electron chi connectivity index (χ4n) is 2.30. The highest BCUT2D eigenvalue weighted by molar-refractivity contribution is 5.94. The average molecular weight is 286 g/mol. The van der Waals surface area contributed by atoms with Crippen molar-refractivity contribution in [3.63, 3.8) is 0 Å². The number of nitrogens with zero attached hydrogens (tertiary/aromatic N) is 1. The third-order valence-electron chi connectivity index (χ3n) is 3.46. The van der Waals surface area contributed by atoms with E-state index in [0.717, 1.165) is 12.1 Å². The highest BCUT2D eigenvalue weighted by Gasteiger charge is 2.32. The summed E-state index contributed by atoms with van der Waals surface area (Å²) in [5.74, 6) is -0.350. The molecule has 0 spiro atoms. The molecule has 1 N–H and O–H groups in total. The van der Waals surface area contributed by atoms with E-state index in [1.54, 1.807) is 4.90 Å². The van der Waals surface area contributed by atoms with Crippen molar-refractivity contribution in [3.05, 3.63) is 35.4 Å². The van der Waals surface area contributed by atoms with Gasteiger partial charge in [0, 0.05) is 30.7 Å². The number of alkyl halides is 3. The zero-order valence-corrected chi connectivity index (χ0v) is 11.4. The molecule has 0 aliphatic carbocycles. The van der Waals surface area contributed by atoms with Crippen molar-refractivity contribution < 1.29 is 18.0 Å². The number of rotatable bonds is 1. The van der Waals surface area contributed by atoms with Crippen LogP contribution in [-0.4, -0.2) is 36.0 Å². The number of hydrogen-bond donors (Lipinski definition) is 1. The van der Waals surface area contributed by atoms with Gasteiger partial charge in [0.25, 0.3) is 5.91 Å². The van der Waals surface area contributed by atoms with Crippen LogP contribution < -0.4 is 5.32 Å². The second kappa shape index (κ2) is 5.44. The quantitative estimate of drug-likeness (QED) is 0.860. The second-order valence-electron chi connectivity index (χ2n) is 5.19. The van der Waals surface area contributed by atoms with Gasteiger partial charge >= 0.3 is 6.18 Å². The lowest BCUT2D eigenvalue weighted by Gasteiger charge is -2.37. The molecule has 1 aromatic carbocycles. The van der Waals surface area contributed by atoms with Crippen LogP contribution in [0.5, 0.6) is 0 Å². The van der Waals surface area contributed by atoms with Gasteiger partial charge in [0.05, 0.1) is 5.56 Å². The SMILES string of the molecule is CC1CN(C(=O)c2cccc(C(F)(F)F)c2)C(C)CN1. The molecule has 1 aliphatic rings. The van der Waals surface area contributed by atoms with Crippen LogP contribution >= 0.6 is 0 Å². The van der Waals surface area contributed by atoms with Gasteiger partial charge in [-0.3, -0.25) is 4.79 Å². The molecule has 110 valence electrons. The van der Waals surface area contributed by atoms with Crippen molar-refractivity contribution in [1.29, 1.82) is 0 Å². The largest absolute Gasteiger partial charge is 0.416 e. The maximum absolute atomic E-state index is 12.7. The minimum Gasteiger partial charge on any atom is -0.333 e. The third kappa shape index (κ3) is 3.12. The number of benzene rings is 1. The van der Waals surface area contributed by atoms with Crippen LogP contribution in [0.25, 0.3) is 0 Å². The van der Waals surface area contributed by atoms with Gasteiger partial charge in [0.1, 0.15) is 0 Å². The summed E-state index contributed by atoms with van der Waals surface area (Å²) in [5, 5.41) is 3.23. The van der Waals surface area contributed by atoms with E-state index in [-0.39, 0.29) is 23.6 Å². The van der Waals surface area contributed by atoms with Gasteiger partial charge < -0.3 is 10.2 Å². The van der Waals surface area contributed by atoms with Gasteiger partial charge in [0.2, 0.25) is 0 Å². The van der Waals surface area contributed by atoms with Crippen molar-refractivity contribution in [2.24, 2.45) is 0 Å². The van der Waals surface area contributed by atoms with Gasteiger partial charge in [-0.2, -0.15) is 13.2 Å². The van der Waals surface area contributed by atoms with Gasteiger partial charge in [-0.05, 0) is 32.0 Å². The number of nitrogens with one attached hydrogen (secondary N) is 1. The zero-order chi connectivity index (χ0) is 14.9. The Morgan fingerprint density at radius 3 is 2.70 bits per heavy atom. The maximum Gasteiger partial charge on any atom is 0.416 e. The number of carbonyl (C=O) groups excluding carboxylic acids is 1. The van der Waals surface area contributed by atoms with Crippen molar-refractivity contribution in [3.8, 4) is 0 Å². The molecule has 2 atom stereocenters. The van der Waals surface area contributed by atoms with Crippen molar-refractivity contribution in [1.82, 2.24) is 10.2 Å². The lowest BCUT2D eigenvalue weighted by atomic mass is 10.1. The number of piperazine rings is 1. The molecule has 2 rings (SSSR count). The zero-order valence-electron chi connectivity index (χ0n) is 11.4. The van der Waals surface area contributed by atoms with E-state index in [2.05, 4.69) is 5.32 Å². The molecule has 1 fully saturated rings. The van der Waals surface area contributed by atoms with Crippen LogP contribution in [0.15, 0.2) is 24.3 Å². The normalized spacial score (nSPS) is 23.8. The summed E-state index contributed by atoms with van der Waals surface area (Å²) in [5.41, 5.74) is -0.708. The minimum absolute atomic E-state index is 0.0340. The average Bonchev–Trinajstić information content (AvgIpc) is 2.40. The Bertz CT molecular complexity index is 501. The molecule has 1 amide bonds. The first-order valence-electron chi connectivity index (χ1n) is 6.50. The monoisotopic (exact) mass is 286 g/mol. The van der Waals surface area contributed by atoms with Gasteiger partial charge in [-0.25, -0.2) is 0 Å². The first kappa shape index (κ1) is 14.8. The van der Waals surface area contributed by atoms with E-state index < -0.39 is 11.7 Å². The summed E-state index contributed by atoms with van der Waals surface area (Å²) < 4.78 is 38.0. The van der Waals surface area contributed by atoms with Crippen LogP contribution in [0, 0.1) is 0 Å². The Balaban J connectivity index is 2.24. The minimum atomic E-state index is -4.43. The van der Waals surface area contributed by atoms with Crippen LogP contribution in [0.3, 0.4) is 0 Å². The number of halogens is 3. The van der Waals surface area contributed by atoms with Crippen LogP contribution in [0.4, 0.5) is 13.2 Å². The summed E-state index contributed by atoms with van der Waals surface area (Å²) in [7, 11) is 0. The molecule has 6 heteroatoms. The Morgan fingerprint density at radius 1 is 1.35 bits per heavy atom. The Hall–Kier alpha value is -1.56. The Morgan fingerprint density at radius 2 is 2.05 bits per heavy atom. The predicted molar refractivity (Wildman–Crippen MR) is 69.4 cm³/mol. The third-order valence-corrected chi connectivity index (χ3v) is 3.46. The van der Waals surface area contributed by atoms with Crippen molar-refractivity contribution in [2.75, 3.05) is 13.1 Å². The van der Waals surface area contributed by atoms with Gasteiger partial charge in [0.15, 0.2) is 0 Å². The molecule has 1 heterocycles. The molecule has 2 unspecified atom stereocenters. The highest BCUT2D eigenvalue weighted by atomic mass is 19.4. The number of hydrogen-bond acceptors (Lipinski definition) is 2. The van der Waals surface area contributed by atoms with Crippen LogP contribution in [0.1, 0.15) is 29.8 Å². The molecule has 0 aromatic heterocycles. The Kier molecular flexibility index (Phi) is 4.04. The summed E-state index contributed by atoms with van der Waals surface area (Å²) in [4.78, 5) is 14.0. The van der Waals surface area contributed by atoms with E-state index in [0.29, 0.717) is 13.1 Å². The highest BCUT2D eigenvalue weighted by Crippen LogP contribution is 2.30. The van der Waals surface area contributed by atoms with E-state index in [1.165, 1.54) is 12.1 Å². The lowest BCUT2D eigenvalue weighted by molar-refractivity contribution is -0.137. The summed E-state index contributed by atoms with van der Waals surface area (Å²) in [6, 6.07) is 4.69. The number of amides is 1. The maximum atomic E-state index is 12.7. The Labute approximate surface area is 115 Å². The van der Waals surface area contributed by atoms with E-state index in [4.69, 9.17) is 0 Å². The van der Waals surface area contributed by atoms with E-state index in [9.17, 15) is 18.0 Å². The summed E-state index contributed by atoms with van der Waals surface area (Å²) in [6.07, 6.45) is -4.43. The van der Waals surface area contributed by atoms with Gasteiger partial charge in [-0.15, -0.1) is 0 Å². The lowest BCUT2D eigenvalue weighted by Crippen LogP contribution is -2.56. The molecule has 0 bridgehead atoms. The standard InChI is InChI=1S/C14H17F3N2O/c1-9-8-19(10(2)7-18-9)13(20)11-4-3-5-12(6-11)14(15,16)17/h3-6,9-10,18H,7-8H2,1-2H3. The number of carbonyl (C=O) groups is 1. The van der Waals surface area contributed by atoms with E-state index in [1.807, 2.05) is 13.8 Å². The van der Waals surface area contributed by atoms with E-state index >= 15 is 0 Å². The van der Waals surface area contributed by atoms with Crippen molar-refractivity contribution in [2.45, 2.75) is 32.1 Å². The molecule has 0 radical (unpaired) electrons. The molecule has 3 nitrogen and oxygen atoms in total. The molecule has 1 aromatic rings. The van der Waals surface area contributed by atoms with Crippen LogP contribution in [-0.2, 0) is 6.18 Å². The predicted octanol–water partition coefficient (Wildman–Crippen LogP) is 2.53. The molecular weight excluding hydrogens is 269 g/mol.